The highest BCUT2D eigenvalue weighted by Crippen LogP contribution is 2.64. The van der Waals surface area contributed by atoms with Crippen LogP contribution in [0.5, 0.6) is 17.2 Å². The Balaban J connectivity index is 1.18. The largest absolute Gasteiger partial charge is 0.493 e. The van der Waals surface area contributed by atoms with Gasteiger partial charge in [0.25, 0.3) is 0 Å². The molecule has 1 aliphatic carbocycles. The van der Waals surface area contributed by atoms with Crippen LogP contribution in [-0.2, 0) is 17.4 Å². The van der Waals surface area contributed by atoms with Gasteiger partial charge in [0.15, 0.2) is 0 Å². The molecule has 7 nitrogen and oxygen atoms in total. The number of alkyl halides is 3. The summed E-state index contributed by atoms with van der Waals surface area (Å²) in [5.74, 6) is 3.49. The van der Waals surface area contributed by atoms with Crippen molar-refractivity contribution in [2.45, 2.75) is 30.9 Å². The minimum absolute atomic E-state index is 0.0205. The number of carbonyl (C=O) groups excluding carboxylic acids is 1. The number of halogens is 3. The summed E-state index contributed by atoms with van der Waals surface area (Å²) < 4.78 is 51.5. The molecule has 7 rings (SSSR count). The quantitative estimate of drug-likeness (QED) is 0.392. The predicted molar refractivity (Wildman–Crippen MR) is 123 cm³/mol. The Labute approximate surface area is 202 Å². The zero-order valence-corrected chi connectivity index (χ0v) is 18.7. The van der Waals surface area contributed by atoms with Gasteiger partial charge >= 0.3 is 6.18 Å². The van der Waals surface area contributed by atoms with Crippen LogP contribution < -0.4 is 14.8 Å². The van der Waals surface area contributed by atoms with Gasteiger partial charge in [-0.3, -0.25) is 4.79 Å². The average Bonchev–Trinajstić information content (AvgIpc) is 3.45. The van der Waals surface area contributed by atoms with E-state index in [2.05, 4.69) is 20.3 Å². The number of carbonyl (C=O) groups is 1. The number of ether oxygens (including phenoxy) is 2. The molecule has 4 aromatic rings. The van der Waals surface area contributed by atoms with E-state index in [4.69, 9.17) is 9.47 Å². The number of hydrogen-bond donors (Lipinski definition) is 2. The summed E-state index contributed by atoms with van der Waals surface area (Å²) in [6.45, 7) is 0.519. The third-order valence-electron chi connectivity index (χ3n) is 7.18. The molecule has 0 bridgehead atoms. The van der Waals surface area contributed by atoms with Crippen LogP contribution in [0.25, 0.3) is 11.0 Å². The van der Waals surface area contributed by atoms with Crippen molar-refractivity contribution in [1.82, 2.24) is 15.0 Å². The summed E-state index contributed by atoms with van der Waals surface area (Å²) in [4.78, 5) is 23.6. The summed E-state index contributed by atoms with van der Waals surface area (Å²) in [6.07, 6.45) is -1.89. The average molecular weight is 492 g/mol. The molecule has 36 heavy (non-hydrogen) atoms. The minimum Gasteiger partial charge on any atom is -0.493 e. The van der Waals surface area contributed by atoms with Crippen LogP contribution in [0.1, 0.15) is 40.8 Å². The fraction of sp³-hybridized carbons (Fsp3) is 0.269. The monoisotopic (exact) mass is 492 g/mol. The third kappa shape index (κ3) is 3.39. The first-order chi connectivity index (χ1) is 17.3. The first-order valence-corrected chi connectivity index (χ1v) is 11.6. The number of imidazole rings is 1. The molecular weight excluding hydrogens is 473 g/mol. The Bertz CT molecular complexity index is 1550. The van der Waals surface area contributed by atoms with Crippen LogP contribution in [0.4, 0.5) is 19.0 Å². The highest BCUT2D eigenvalue weighted by atomic mass is 19.4. The summed E-state index contributed by atoms with van der Waals surface area (Å²) >= 11 is 0. The molecule has 1 amide bonds. The van der Waals surface area contributed by atoms with Crippen molar-refractivity contribution in [3.8, 4) is 17.2 Å². The second-order valence-corrected chi connectivity index (χ2v) is 9.36. The molecule has 2 N–H and O–H groups in total. The Morgan fingerprint density at radius 2 is 1.94 bits per heavy atom. The van der Waals surface area contributed by atoms with Gasteiger partial charge in [-0.15, -0.1) is 0 Å². The van der Waals surface area contributed by atoms with Gasteiger partial charge < -0.3 is 19.8 Å². The number of fused-ring (bicyclic) bond motifs is 5. The molecule has 3 atom stereocenters. The summed E-state index contributed by atoms with van der Waals surface area (Å²) in [5.41, 5.74) is 2.02. The van der Waals surface area contributed by atoms with Crippen molar-refractivity contribution in [1.29, 1.82) is 0 Å². The molecule has 0 saturated heterocycles. The van der Waals surface area contributed by atoms with E-state index >= 15 is 0 Å². The van der Waals surface area contributed by atoms with Crippen molar-refractivity contribution >= 4 is 22.8 Å². The molecule has 1 fully saturated rings. The van der Waals surface area contributed by atoms with Crippen molar-refractivity contribution < 1.29 is 27.4 Å². The lowest BCUT2D eigenvalue weighted by molar-refractivity contribution is -0.137. The minimum atomic E-state index is -4.41. The Hall–Kier alpha value is -4.08. The number of pyridine rings is 1. The molecule has 182 valence electrons. The van der Waals surface area contributed by atoms with E-state index in [0.29, 0.717) is 53.6 Å². The molecule has 2 aliphatic heterocycles. The van der Waals surface area contributed by atoms with E-state index in [9.17, 15) is 18.0 Å². The highest BCUT2D eigenvalue weighted by Gasteiger charge is 2.57. The van der Waals surface area contributed by atoms with Crippen LogP contribution in [0.3, 0.4) is 0 Å². The first-order valence-electron chi connectivity index (χ1n) is 11.6. The van der Waals surface area contributed by atoms with Gasteiger partial charge in [0.05, 0.1) is 23.2 Å². The van der Waals surface area contributed by atoms with Crippen LogP contribution in [-0.4, -0.2) is 27.5 Å². The second kappa shape index (κ2) is 7.46. The van der Waals surface area contributed by atoms with Crippen molar-refractivity contribution in [2.24, 2.45) is 5.92 Å². The van der Waals surface area contributed by atoms with E-state index < -0.39 is 11.7 Å². The van der Waals surface area contributed by atoms with Crippen molar-refractivity contribution in [2.75, 3.05) is 11.9 Å². The molecule has 4 heterocycles. The SMILES string of the molecule is O=C1CCc2c(Oc3ccc4c(c3)C3[C@H](CO4)[C@H]3c3nc4ccc(C(F)(F)F)cc4[nH]3)ccnc2N1. The molecule has 2 aromatic carbocycles. The van der Waals surface area contributed by atoms with Gasteiger partial charge in [-0.05, 0) is 48.9 Å². The molecule has 1 unspecified atom stereocenters. The lowest BCUT2D eigenvalue weighted by atomic mass is 10.0. The Morgan fingerprint density at radius 3 is 2.81 bits per heavy atom. The normalized spacial score (nSPS) is 22.2. The fourth-order valence-corrected chi connectivity index (χ4v) is 5.39. The van der Waals surface area contributed by atoms with Crippen LogP contribution >= 0.6 is 0 Å². The molecule has 1 saturated carbocycles. The predicted octanol–water partition coefficient (Wildman–Crippen LogP) is 5.54. The van der Waals surface area contributed by atoms with Gasteiger partial charge in [-0.2, -0.15) is 13.2 Å². The van der Waals surface area contributed by atoms with E-state index in [-0.39, 0.29) is 23.7 Å². The topological polar surface area (TPSA) is 89.1 Å². The van der Waals surface area contributed by atoms with Crippen LogP contribution in [0.15, 0.2) is 48.7 Å². The number of nitrogens with zero attached hydrogens (tertiary/aromatic N) is 2. The summed E-state index contributed by atoms with van der Waals surface area (Å²) in [7, 11) is 0. The van der Waals surface area contributed by atoms with E-state index in [0.717, 1.165) is 29.0 Å². The van der Waals surface area contributed by atoms with Crippen molar-refractivity contribution in [3.63, 3.8) is 0 Å². The molecule has 0 radical (unpaired) electrons. The summed E-state index contributed by atoms with van der Waals surface area (Å²) in [6, 6.07) is 11.0. The standard InChI is InChI=1S/C26H19F3N4O3/c27-26(28,29)12-1-4-17-18(9-12)32-25(31-17)23-16-11-35-19-5-2-13(10-15(19)22(16)23)36-20-7-8-30-24-14(20)3-6-21(34)33-24/h1-2,4-5,7-10,16,22-23H,3,6,11H2,(H,31,32)(H,30,33,34)/t16-,22?,23+/m0/s1. The van der Waals surface area contributed by atoms with Gasteiger partial charge in [0, 0.05) is 41.5 Å². The number of aromatic nitrogens is 3. The maximum atomic E-state index is 13.1. The van der Waals surface area contributed by atoms with Crippen LogP contribution in [0, 0.1) is 5.92 Å². The smallest absolute Gasteiger partial charge is 0.416 e. The lowest BCUT2D eigenvalue weighted by Crippen LogP contribution is -2.20. The maximum absolute atomic E-state index is 13.1. The highest BCUT2D eigenvalue weighted by molar-refractivity contribution is 5.93. The fourth-order valence-electron chi connectivity index (χ4n) is 5.39. The number of H-pyrrole nitrogens is 1. The van der Waals surface area contributed by atoms with E-state index in [1.165, 1.54) is 6.07 Å². The number of aromatic amines is 1. The Kier molecular flexibility index (Phi) is 4.40. The first kappa shape index (κ1) is 21.2. The van der Waals surface area contributed by atoms with Gasteiger partial charge in [-0.25, -0.2) is 9.97 Å². The summed E-state index contributed by atoms with van der Waals surface area (Å²) in [5, 5.41) is 2.77. The molecule has 10 heteroatoms. The Morgan fingerprint density at radius 1 is 1.06 bits per heavy atom. The second-order valence-electron chi connectivity index (χ2n) is 9.36. The number of amides is 1. The zero-order valence-electron chi connectivity index (χ0n) is 18.7. The number of nitrogens with one attached hydrogen (secondary N) is 2. The zero-order chi connectivity index (χ0) is 24.6. The number of rotatable bonds is 3. The lowest BCUT2D eigenvalue weighted by Gasteiger charge is -2.20. The van der Waals surface area contributed by atoms with E-state index in [1.807, 2.05) is 18.2 Å². The van der Waals surface area contributed by atoms with Gasteiger partial charge in [0.2, 0.25) is 5.91 Å². The number of hydrogen-bond acceptors (Lipinski definition) is 5. The third-order valence-corrected chi connectivity index (χ3v) is 7.18. The van der Waals surface area contributed by atoms with Crippen molar-refractivity contribution in [3.05, 3.63) is 71.2 Å². The number of anilines is 1. The molecule has 0 spiro atoms. The molecule has 3 aliphatic rings. The molecular formula is C26H19F3N4O3. The van der Waals surface area contributed by atoms with E-state index in [1.54, 1.807) is 12.3 Å². The molecule has 2 aromatic heterocycles. The maximum Gasteiger partial charge on any atom is 0.416 e. The van der Waals surface area contributed by atoms with Crippen LogP contribution in [0.2, 0.25) is 0 Å². The van der Waals surface area contributed by atoms with Gasteiger partial charge in [-0.1, -0.05) is 0 Å². The van der Waals surface area contributed by atoms with Gasteiger partial charge in [0.1, 0.15) is 28.9 Å². The number of benzene rings is 2.